The van der Waals surface area contributed by atoms with Gasteiger partial charge in [0.15, 0.2) is 0 Å². The summed E-state index contributed by atoms with van der Waals surface area (Å²) in [6.07, 6.45) is 5.06. The number of nitrogens with zero attached hydrogens (tertiary/aromatic N) is 6. The molecule has 0 aliphatic rings. The van der Waals surface area contributed by atoms with E-state index in [1.54, 1.807) is 24.7 Å². The second kappa shape index (κ2) is 6.10. The first-order valence-electron chi connectivity index (χ1n) is 8.27. The Hall–Kier alpha value is -3.49. The summed E-state index contributed by atoms with van der Waals surface area (Å²) in [5.74, 6) is 2.38. The predicted octanol–water partition coefficient (Wildman–Crippen LogP) is 2.83. The van der Waals surface area contributed by atoms with Crippen molar-refractivity contribution in [1.29, 1.82) is 0 Å². The number of aromatic nitrogens is 7. The molecule has 4 aromatic rings. The molecule has 0 bridgehead atoms. The Balaban J connectivity index is 1.74. The van der Waals surface area contributed by atoms with Gasteiger partial charge in [0.25, 0.3) is 0 Å². The Morgan fingerprint density at radius 3 is 2.73 bits per heavy atom. The van der Waals surface area contributed by atoms with Crippen LogP contribution in [0.4, 0.5) is 17.6 Å². The van der Waals surface area contributed by atoms with Crippen molar-refractivity contribution >= 4 is 28.6 Å². The highest BCUT2D eigenvalue weighted by Crippen LogP contribution is 2.28. The van der Waals surface area contributed by atoms with Crippen LogP contribution in [-0.2, 0) is 0 Å². The summed E-state index contributed by atoms with van der Waals surface area (Å²) in [4.78, 5) is 17.7. The molecule has 0 radical (unpaired) electrons. The average molecular weight is 349 g/mol. The molecule has 4 heterocycles. The van der Waals surface area contributed by atoms with Crippen LogP contribution in [0.3, 0.4) is 0 Å². The quantitative estimate of drug-likeness (QED) is 0.517. The molecule has 26 heavy (non-hydrogen) atoms. The second-order valence-electron chi connectivity index (χ2n) is 6.27. The highest BCUT2D eigenvalue weighted by atomic mass is 15.2. The number of nitrogens with two attached hydrogens (primary N) is 1. The number of nitrogen functional groups attached to an aromatic ring is 1. The number of aryl methyl sites for hydroxylation is 1. The monoisotopic (exact) mass is 349 g/mol. The lowest BCUT2D eigenvalue weighted by Gasteiger charge is -2.11. The molecule has 0 aliphatic heterocycles. The van der Waals surface area contributed by atoms with Gasteiger partial charge in [-0.3, -0.25) is 10.1 Å². The molecule has 0 fully saturated rings. The van der Waals surface area contributed by atoms with Gasteiger partial charge in [0.05, 0.1) is 29.2 Å². The van der Waals surface area contributed by atoms with Gasteiger partial charge < -0.3 is 15.6 Å². The minimum absolute atomic E-state index is 0.296. The normalized spacial score (nSPS) is 11.4. The van der Waals surface area contributed by atoms with Crippen molar-refractivity contribution in [2.75, 3.05) is 11.1 Å². The number of rotatable bonds is 4. The van der Waals surface area contributed by atoms with Crippen molar-refractivity contribution in [1.82, 2.24) is 34.7 Å². The largest absolute Gasteiger partial charge is 0.383 e. The molecule has 4 N–H and O–H groups in total. The molecule has 9 heteroatoms. The zero-order valence-electron chi connectivity index (χ0n) is 14.7. The smallest absolute Gasteiger partial charge is 0.230 e. The van der Waals surface area contributed by atoms with Gasteiger partial charge in [0.2, 0.25) is 5.95 Å². The van der Waals surface area contributed by atoms with Crippen LogP contribution in [0.2, 0.25) is 0 Å². The van der Waals surface area contributed by atoms with E-state index in [1.165, 1.54) is 0 Å². The number of nitrogens with one attached hydrogen (secondary N) is 2. The molecular formula is C17H19N9. The third kappa shape index (κ3) is 2.73. The van der Waals surface area contributed by atoms with Crippen molar-refractivity contribution in [2.45, 2.75) is 26.8 Å². The second-order valence-corrected chi connectivity index (χ2v) is 6.27. The lowest BCUT2D eigenvalue weighted by Crippen LogP contribution is -2.04. The summed E-state index contributed by atoms with van der Waals surface area (Å²) in [5.41, 5.74) is 9.41. The number of pyridine rings is 1. The number of fused-ring (bicyclic) bond motifs is 1. The van der Waals surface area contributed by atoms with Crippen molar-refractivity contribution < 1.29 is 0 Å². The van der Waals surface area contributed by atoms with Crippen molar-refractivity contribution in [3.63, 3.8) is 0 Å². The van der Waals surface area contributed by atoms with Crippen LogP contribution in [-0.4, -0.2) is 34.7 Å². The van der Waals surface area contributed by atoms with Crippen LogP contribution in [0.5, 0.6) is 0 Å². The van der Waals surface area contributed by atoms with Crippen LogP contribution in [0.15, 0.2) is 30.7 Å². The van der Waals surface area contributed by atoms with E-state index in [1.807, 2.05) is 13.0 Å². The van der Waals surface area contributed by atoms with Crippen LogP contribution >= 0.6 is 0 Å². The zero-order valence-corrected chi connectivity index (χ0v) is 14.7. The molecule has 0 amide bonds. The molecular weight excluding hydrogens is 330 g/mol. The van der Waals surface area contributed by atoms with Crippen LogP contribution in [0, 0.1) is 6.92 Å². The summed E-state index contributed by atoms with van der Waals surface area (Å²) < 4.78 is 2.17. The molecule has 4 rings (SSSR count). The van der Waals surface area contributed by atoms with Crippen LogP contribution in [0.1, 0.15) is 25.7 Å². The lowest BCUT2D eigenvalue weighted by molar-refractivity contribution is 0.600. The standard InChI is InChI=1S/C17H19N9/c1-9(2)26-10(3)22-13-8-19-12(6-14(13)26)11-7-20-17(24-16(11)18)23-15-4-5-21-25-15/h4-9H,1-3H3,(H4,18,20,21,23,24,25). The molecule has 0 aliphatic carbocycles. The van der Waals surface area contributed by atoms with Crippen LogP contribution in [0.25, 0.3) is 22.3 Å². The Kier molecular flexibility index (Phi) is 3.76. The number of H-pyrrole nitrogens is 1. The number of hydrogen-bond donors (Lipinski definition) is 3. The van der Waals surface area contributed by atoms with E-state index in [0.29, 0.717) is 34.9 Å². The molecule has 0 unspecified atom stereocenters. The zero-order chi connectivity index (χ0) is 18.3. The van der Waals surface area contributed by atoms with E-state index in [-0.39, 0.29) is 0 Å². The summed E-state index contributed by atoms with van der Waals surface area (Å²) in [7, 11) is 0. The molecule has 9 nitrogen and oxygen atoms in total. The Morgan fingerprint density at radius 1 is 1.19 bits per heavy atom. The molecule has 0 saturated carbocycles. The first kappa shape index (κ1) is 16.0. The molecule has 0 saturated heterocycles. The minimum atomic E-state index is 0.296. The van der Waals surface area contributed by atoms with Gasteiger partial charge in [0, 0.05) is 18.3 Å². The van der Waals surface area contributed by atoms with E-state index in [0.717, 1.165) is 16.9 Å². The van der Waals surface area contributed by atoms with Gasteiger partial charge in [-0.25, -0.2) is 9.97 Å². The van der Waals surface area contributed by atoms with E-state index >= 15 is 0 Å². The maximum absolute atomic E-state index is 6.15. The molecule has 132 valence electrons. The Labute approximate surface area is 149 Å². The summed E-state index contributed by atoms with van der Waals surface area (Å²) in [5, 5.41) is 9.66. The predicted molar refractivity (Wildman–Crippen MR) is 100.0 cm³/mol. The highest BCUT2D eigenvalue weighted by Gasteiger charge is 2.14. The third-order valence-electron chi connectivity index (χ3n) is 4.11. The fourth-order valence-electron chi connectivity index (χ4n) is 3.02. The van der Waals surface area contributed by atoms with Crippen molar-refractivity contribution in [3.05, 3.63) is 36.5 Å². The van der Waals surface area contributed by atoms with Crippen molar-refractivity contribution in [2.24, 2.45) is 0 Å². The first-order valence-corrected chi connectivity index (χ1v) is 8.27. The summed E-state index contributed by atoms with van der Waals surface area (Å²) in [6.45, 7) is 6.25. The van der Waals surface area contributed by atoms with E-state index in [4.69, 9.17) is 5.73 Å². The van der Waals surface area contributed by atoms with Gasteiger partial charge in [-0.05, 0) is 26.8 Å². The van der Waals surface area contributed by atoms with Crippen molar-refractivity contribution in [3.8, 4) is 11.3 Å². The Bertz CT molecular complexity index is 1060. The van der Waals surface area contributed by atoms with Crippen LogP contribution < -0.4 is 11.1 Å². The SMILES string of the molecule is Cc1nc2cnc(-c3cnc(Nc4ccn[nH]4)nc3N)cc2n1C(C)C. The molecule has 0 atom stereocenters. The van der Waals surface area contributed by atoms with Gasteiger partial charge in [-0.1, -0.05) is 0 Å². The minimum Gasteiger partial charge on any atom is -0.383 e. The fraction of sp³-hybridized carbons (Fsp3) is 0.235. The average Bonchev–Trinajstić information content (AvgIpc) is 3.20. The van der Waals surface area contributed by atoms with Gasteiger partial charge in [-0.2, -0.15) is 10.1 Å². The van der Waals surface area contributed by atoms with Gasteiger partial charge in [0.1, 0.15) is 23.0 Å². The summed E-state index contributed by atoms with van der Waals surface area (Å²) in [6, 6.07) is 4.05. The number of anilines is 3. The topological polar surface area (TPSA) is 123 Å². The Morgan fingerprint density at radius 2 is 2.04 bits per heavy atom. The van der Waals surface area contributed by atoms with Gasteiger partial charge >= 0.3 is 0 Å². The fourth-order valence-corrected chi connectivity index (χ4v) is 3.02. The van der Waals surface area contributed by atoms with Gasteiger partial charge in [-0.15, -0.1) is 0 Å². The molecule has 4 aromatic heterocycles. The summed E-state index contributed by atoms with van der Waals surface area (Å²) >= 11 is 0. The lowest BCUT2D eigenvalue weighted by atomic mass is 10.2. The number of hydrogen-bond acceptors (Lipinski definition) is 7. The first-order chi connectivity index (χ1) is 12.5. The van der Waals surface area contributed by atoms with E-state index in [9.17, 15) is 0 Å². The number of imidazole rings is 1. The number of aromatic amines is 1. The maximum atomic E-state index is 6.15. The third-order valence-corrected chi connectivity index (χ3v) is 4.11. The molecule has 0 spiro atoms. The maximum Gasteiger partial charge on any atom is 0.230 e. The highest BCUT2D eigenvalue weighted by molar-refractivity contribution is 5.82. The van der Waals surface area contributed by atoms with E-state index < -0.39 is 0 Å². The van der Waals surface area contributed by atoms with E-state index in [2.05, 4.69) is 53.9 Å². The molecule has 0 aromatic carbocycles.